The number of carboxylic acids is 1. The van der Waals surface area contributed by atoms with Gasteiger partial charge in [0.25, 0.3) is 11.8 Å². The molecule has 5 heterocycles. The molecule has 1 unspecified atom stereocenters. The molecule has 2 atom stereocenters. The molecule has 3 aromatic rings. The van der Waals surface area contributed by atoms with Crippen molar-refractivity contribution in [1.82, 2.24) is 19.8 Å². The largest absolute Gasteiger partial charge is 0.477 e. The maximum atomic E-state index is 15.1. The second kappa shape index (κ2) is 13.3. The van der Waals surface area contributed by atoms with E-state index in [1.807, 2.05) is 11.8 Å². The third kappa shape index (κ3) is 5.85. The van der Waals surface area contributed by atoms with Crippen LogP contribution in [0.15, 0.2) is 44.9 Å². The number of aliphatic carboxylic acids is 1. The smallest absolute Gasteiger partial charge is 0.352 e. The Labute approximate surface area is 280 Å². The summed E-state index contributed by atoms with van der Waals surface area (Å²) in [6.45, 7) is 3.09. The van der Waals surface area contributed by atoms with Gasteiger partial charge in [-0.25, -0.2) is 19.0 Å². The summed E-state index contributed by atoms with van der Waals surface area (Å²) in [6, 6.07) is 1.67. The number of anilines is 2. The number of oxime groups is 1. The average molecular weight is 700 g/mol. The fraction of sp³-hybridized carbons (Fsp3) is 0.367. The average Bonchev–Trinajstić information content (AvgIpc) is 3.76. The van der Waals surface area contributed by atoms with E-state index >= 15 is 4.39 Å². The maximum absolute atomic E-state index is 15.1. The predicted octanol–water partition coefficient (Wildman–Crippen LogP) is 1.75. The number of hydrogen-bond acceptors (Lipinski definition) is 13. The molecule has 2 saturated heterocycles. The van der Waals surface area contributed by atoms with Crippen LogP contribution in [0.5, 0.6) is 0 Å². The van der Waals surface area contributed by atoms with Crippen LogP contribution >= 0.6 is 23.1 Å². The van der Waals surface area contributed by atoms with Crippen molar-refractivity contribution in [2.24, 2.45) is 5.16 Å². The van der Waals surface area contributed by atoms with E-state index in [9.17, 15) is 29.1 Å². The number of ether oxygens (including phenoxy) is 1. The van der Waals surface area contributed by atoms with Crippen LogP contribution in [0.1, 0.15) is 35.8 Å². The first-order valence-electron chi connectivity index (χ1n) is 14.9. The number of nitrogens with zero attached hydrogens (tertiary/aromatic N) is 5. The van der Waals surface area contributed by atoms with E-state index < -0.39 is 53.0 Å². The standard InChI is InChI=1S/C30H30FN7O8S2/c1-3-36-10-16(24(39)15-8-17(31)20(9-19(15)36)37-6-4-5-7-37)29(44)46-11-14-12-47-27-22(26(41)38(27)23(14)28(42)43)34-25(40)21(35-45-2)18-13-48-30(32)33-18/h8-10,13,22,27H,3-7,11-12H2,1-2H3,(H2,32,33)(H,34,40)(H,42,43)/b35-21+/t22-,27?/m1/s1. The van der Waals surface area contributed by atoms with Crippen LogP contribution in [0, 0.1) is 5.82 Å². The zero-order valence-corrected chi connectivity index (χ0v) is 27.4. The van der Waals surface area contributed by atoms with Crippen LogP contribution in [-0.4, -0.2) is 93.0 Å². The molecule has 3 aliphatic rings. The molecule has 4 N–H and O–H groups in total. The number of aryl methyl sites for hydroxylation is 1. The Kier molecular flexibility index (Phi) is 9.11. The molecule has 252 valence electrons. The zero-order chi connectivity index (χ0) is 34.3. The molecule has 6 rings (SSSR count). The lowest BCUT2D eigenvalue weighted by molar-refractivity contribution is -0.150. The van der Waals surface area contributed by atoms with Gasteiger partial charge in [-0.2, -0.15) is 0 Å². The first-order valence-corrected chi connectivity index (χ1v) is 16.8. The SMILES string of the molecule is CCn1cc(C(=O)OCC2=C(C(=O)O)N3C(=O)[C@@H](NC(=O)/C(=N/OC)c4csc(N)n4)C3SC2)c(=O)c2cc(F)c(N3CCCC3)cc21. The Bertz CT molecular complexity index is 1970. The van der Waals surface area contributed by atoms with Crippen LogP contribution in [0.3, 0.4) is 0 Å². The number of nitrogens with two attached hydrogens (primary N) is 1. The van der Waals surface area contributed by atoms with Gasteiger partial charge in [0, 0.05) is 47.9 Å². The van der Waals surface area contributed by atoms with E-state index in [0.717, 1.165) is 46.9 Å². The fourth-order valence-electron chi connectivity index (χ4n) is 5.93. The van der Waals surface area contributed by atoms with Gasteiger partial charge in [0.05, 0.1) is 11.2 Å². The highest BCUT2D eigenvalue weighted by atomic mass is 32.2. The lowest BCUT2D eigenvalue weighted by Crippen LogP contribution is -2.71. The van der Waals surface area contributed by atoms with E-state index in [2.05, 4.69) is 15.5 Å². The van der Waals surface area contributed by atoms with E-state index in [1.165, 1.54) is 18.7 Å². The van der Waals surface area contributed by atoms with Crippen molar-refractivity contribution in [3.8, 4) is 0 Å². The Morgan fingerprint density at radius 3 is 2.62 bits per heavy atom. The summed E-state index contributed by atoms with van der Waals surface area (Å²) in [5.41, 5.74) is 5.13. The molecule has 2 fully saturated rings. The number of carbonyl (C=O) groups is 4. The molecule has 48 heavy (non-hydrogen) atoms. The molecule has 0 aliphatic carbocycles. The van der Waals surface area contributed by atoms with Crippen LogP contribution in [0.2, 0.25) is 0 Å². The van der Waals surface area contributed by atoms with Gasteiger partial charge in [0.15, 0.2) is 10.8 Å². The summed E-state index contributed by atoms with van der Waals surface area (Å²) in [6.07, 6.45) is 3.24. The lowest BCUT2D eigenvalue weighted by atomic mass is 10.0. The highest BCUT2D eigenvalue weighted by Gasteiger charge is 2.54. The monoisotopic (exact) mass is 699 g/mol. The minimum Gasteiger partial charge on any atom is -0.477 e. The van der Waals surface area contributed by atoms with Crippen LogP contribution in [-0.2, 0) is 30.5 Å². The number of halogens is 1. The van der Waals surface area contributed by atoms with Gasteiger partial charge >= 0.3 is 11.9 Å². The third-order valence-corrected chi connectivity index (χ3v) is 10.2. The number of nitrogen functional groups attached to an aromatic ring is 1. The van der Waals surface area contributed by atoms with Crippen LogP contribution < -0.4 is 21.4 Å². The maximum Gasteiger partial charge on any atom is 0.352 e. The molecule has 0 saturated carbocycles. The van der Waals surface area contributed by atoms with Crippen molar-refractivity contribution >= 4 is 74.3 Å². The van der Waals surface area contributed by atoms with Gasteiger partial charge in [-0.05, 0) is 31.9 Å². The van der Waals surface area contributed by atoms with Crippen LogP contribution in [0.4, 0.5) is 15.2 Å². The van der Waals surface area contributed by atoms with Crippen LogP contribution in [0.25, 0.3) is 10.9 Å². The van der Waals surface area contributed by atoms with Gasteiger partial charge in [0.2, 0.25) is 5.43 Å². The Hall–Kier alpha value is -4.97. The number of aromatic nitrogens is 2. The van der Waals surface area contributed by atoms with Gasteiger partial charge in [-0.3, -0.25) is 19.3 Å². The fourth-order valence-corrected chi connectivity index (χ4v) is 7.81. The van der Waals surface area contributed by atoms with Crippen molar-refractivity contribution in [3.63, 3.8) is 0 Å². The number of esters is 1. The number of fused-ring (bicyclic) bond motifs is 2. The number of hydrogen-bond donors (Lipinski definition) is 3. The van der Waals surface area contributed by atoms with Gasteiger partial charge in [0.1, 0.15) is 47.9 Å². The van der Waals surface area contributed by atoms with Gasteiger partial charge < -0.3 is 35.2 Å². The number of pyridine rings is 1. The summed E-state index contributed by atoms with van der Waals surface area (Å²) in [7, 11) is 1.23. The molecular formula is C30H30FN7O8S2. The molecular weight excluding hydrogens is 670 g/mol. The second-order valence-electron chi connectivity index (χ2n) is 11.1. The first kappa shape index (κ1) is 33.0. The third-order valence-electron chi connectivity index (χ3n) is 8.23. The Balaban J connectivity index is 1.20. The molecule has 2 aromatic heterocycles. The van der Waals surface area contributed by atoms with Crippen molar-refractivity contribution in [2.45, 2.75) is 37.7 Å². The van der Waals surface area contributed by atoms with Gasteiger partial charge in [-0.15, -0.1) is 23.1 Å². The zero-order valence-electron chi connectivity index (χ0n) is 25.7. The highest BCUT2D eigenvalue weighted by Crippen LogP contribution is 2.40. The number of carboxylic acid groups (broad SMARTS) is 1. The molecule has 2 amide bonds. The van der Waals surface area contributed by atoms with Crippen molar-refractivity contribution in [1.29, 1.82) is 0 Å². The van der Waals surface area contributed by atoms with Crippen molar-refractivity contribution in [3.05, 3.63) is 62.3 Å². The Morgan fingerprint density at radius 2 is 1.98 bits per heavy atom. The normalized spacial score (nSPS) is 19.3. The number of thioether (sulfide) groups is 1. The molecule has 1 aromatic carbocycles. The van der Waals surface area contributed by atoms with E-state index in [1.54, 1.807) is 10.6 Å². The summed E-state index contributed by atoms with van der Waals surface area (Å²) in [4.78, 5) is 76.8. The predicted molar refractivity (Wildman–Crippen MR) is 175 cm³/mol. The molecule has 0 bridgehead atoms. The van der Waals surface area contributed by atoms with E-state index in [0.29, 0.717) is 30.8 Å². The van der Waals surface area contributed by atoms with Crippen molar-refractivity contribution in [2.75, 3.05) is 43.2 Å². The molecule has 3 aliphatic heterocycles. The Morgan fingerprint density at radius 1 is 1.23 bits per heavy atom. The number of benzene rings is 1. The van der Waals surface area contributed by atoms with Crippen molar-refractivity contribution < 1.29 is 38.2 Å². The minimum absolute atomic E-state index is 0.0180. The highest BCUT2D eigenvalue weighted by molar-refractivity contribution is 8.00. The molecule has 18 heteroatoms. The second-order valence-corrected chi connectivity index (χ2v) is 13.1. The van der Waals surface area contributed by atoms with E-state index in [-0.39, 0.29) is 44.5 Å². The quantitative estimate of drug-likeness (QED) is 0.120. The number of β-lactam (4-membered cyclic amide) rings is 1. The molecule has 0 radical (unpaired) electrons. The summed E-state index contributed by atoms with van der Waals surface area (Å²) < 4.78 is 22.2. The topological polar surface area (TPSA) is 199 Å². The summed E-state index contributed by atoms with van der Waals surface area (Å²) >= 11 is 2.23. The van der Waals surface area contributed by atoms with E-state index in [4.69, 9.17) is 15.3 Å². The minimum atomic E-state index is -1.44. The lowest BCUT2D eigenvalue weighted by Gasteiger charge is -2.49. The number of amides is 2. The summed E-state index contributed by atoms with van der Waals surface area (Å²) in [5.74, 6) is -4.46. The van der Waals surface area contributed by atoms with Gasteiger partial charge in [-0.1, -0.05) is 5.16 Å². The molecule has 0 spiro atoms. The number of rotatable bonds is 10. The summed E-state index contributed by atoms with van der Waals surface area (Å²) in [5, 5.41) is 17.2. The first-order chi connectivity index (χ1) is 23.0. The number of nitrogens with one attached hydrogen (secondary N) is 1. The molecule has 15 nitrogen and oxygen atoms in total. The number of carbonyl (C=O) groups excluding carboxylic acids is 3. The number of thiazole rings is 1.